The molecule has 0 spiro atoms. The first-order chi connectivity index (χ1) is 13.3. The van der Waals surface area contributed by atoms with E-state index in [9.17, 15) is 23.3 Å². The SMILES string of the molecule is CCN(CC)S(=O)(=O)c1ccc(NC(=O)/C=C/c2ccccc2[N+](=O)[O-])cc1. The van der Waals surface area contributed by atoms with Crippen molar-refractivity contribution in [2.45, 2.75) is 18.7 Å². The average Bonchev–Trinajstić information content (AvgIpc) is 2.67. The highest BCUT2D eigenvalue weighted by Gasteiger charge is 2.21. The molecule has 28 heavy (non-hydrogen) atoms. The molecule has 0 fully saturated rings. The van der Waals surface area contributed by atoms with E-state index in [-0.39, 0.29) is 10.6 Å². The van der Waals surface area contributed by atoms with Crippen molar-refractivity contribution < 1.29 is 18.1 Å². The summed E-state index contributed by atoms with van der Waals surface area (Å²) in [5.74, 6) is -0.488. The van der Waals surface area contributed by atoms with Crippen LogP contribution in [0.2, 0.25) is 0 Å². The van der Waals surface area contributed by atoms with Gasteiger partial charge >= 0.3 is 0 Å². The van der Waals surface area contributed by atoms with Gasteiger partial charge in [-0.3, -0.25) is 14.9 Å². The molecule has 8 nitrogen and oxygen atoms in total. The van der Waals surface area contributed by atoms with Crippen LogP contribution in [0.5, 0.6) is 0 Å². The van der Waals surface area contributed by atoms with E-state index < -0.39 is 20.9 Å². The van der Waals surface area contributed by atoms with Gasteiger partial charge in [0.25, 0.3) is 5.69 Å². The summed E-state index contributed by atoms with van der Waals surface area (Å²) < 4.78 is 26.2. The molecule has 0 unspecified atom stereocenters. The lowest BCUT2D eigenvalue weighted by Gasteiger charge is -2.18. The molecule has 0 heterocycles. The van der Waals surface area contributed by atoms with Crippen LogP contribution < -0.4 is 5.32 Å². The molecule has 0 saturated heterocycles. The van der Waals surface area contributed by atoms with Crippen molar-refractivity contribution in [3.05, 3.63) is 70.3 Å². The highest BCUT2D eigenvalue weighted by Crippen LogP contribution is 2.20. The quantitative estimate of drug-likeness (QED) is 0.413. The van der Waals surface area contributed by atoms with Gasteiger partial charge in [-0.1, -0.05) is 26.0 Å². The summed E-state index contributed by atoms with van der Waals surface area (Å²) >= 11 is 0. The number of nitro benzene ring substituents is 1. The third kappa shape index (κ3) is 5.02. The predicted molar refractivity (Wildman–Crippen MR) is 107 cm³/mol. The smallest absolute Gasteiger partial charge is 0.276 e. The maximum atomic E-state index is 12.4. The Kier molecular flexibility index (Phi) is 7.02. The second-order valence-corrected chi connectivity index (χ2v) is 7.69. The Morgan fingerprint density at radius 1 is 1.11 bits per heavy atom. The van der Waals surface area contributed by atoms with E-state index in [0.717, 1.165) is 0 Å². The molecule has 0 aliphatic rings. The number of carbonyl (C=O) groups is 1. The molecule has 0 aliphatic heterocycles. The summed E-state index contributed by atoms with van der Waals surface area (Å²) in [4.78, 5) is 22.7. The molecule has 1 amide bonds. The first-order valence-corrected chi connectivity index (χ1v) is 10.1. The Hall–Kier alpha value is -3.04. The molecule has 9 heteroatoms. The number of rotatable bonds is 8. The summed E-state index contributed by atoms with van der Waals surface area (Å²) in [6, 6.07) is 11.9. The van der Waals surface area contributed by atoms with Gasteiger partial charge in [0.15, 0.2) is 0 Å². The fraction of sp³-hybridized carbons (Fsp3) is 0.211. The van der Waals surface area contributed by atoms with Crippen LogP contribution in [0.1, 0.15) is 19.4 Å². The second-order valence-electron chi connectivity index (χ2n) is 5.75. The van der Waals surface area contributed by atoms with Crippen molar-refractivity contribution in [3.63, 3.8) is 0 Å². The highest BCUT2D eigenvalue weighted by molar-refractivity contribution is 7.89. The lowest BCUT2D eigenvalue weighted by molar-refractivity contribution is -0.385. The van der Waals surface area contributed by atoms with Gasteiger partial charge < -0.3 is 5.32 Å². The number of nitrogens with one attached hydrogen (secondary N) is 1. The van der Waals surface area contributed by atoms with Crippen LogP contribution in [0.3, 0.4) is 0 Å². The normalized spacial score (nSPS) is 11.7. The summed E-state index contributed by atoms with van der Waals surface area (Å²) in [5, 5.41) is 13.6. The Morgan fingerprint density at radius 2 is 1.71 bits per heavy atom. The fourth-order valence-electron chi connectivity index (χ4n) is 2.57. The summed E-state index contributed by atoms with van der Waals surface area (Å²) in [6.07, 6.45) is 2.54. The highest BCUT2D eigenvalue weighted by atomic mass is 32.2. The average molecular weight is 403 g/mol. The summed E-state index contributed by atoms with van der Waals surface area (Å²) in [7, 11) is -3.56. The maximum absolute atomic E-state index is 12.4. The van der Waals surface area contributed by atoms with Crippen LogP contribution in [0.25, 0.3) is 6.08 Å². The lowest BCUT2D eigenvalue weighted by atomic mass is 10.1. The third-order valence-corrected chi connectivity index (χ3v) is 6.08. The predicted octanol–water partition coefficient (Wildman–Crippen LogP) is 3.28. The van der Waals surface area contributed by atoms with Gasteiger partial charge in [0.05, 0.1) is 15.4 Å². The van der Waals surface area contributed by atoms with Crippen molar-refractivity contribution in [1.29, 1.82) is 0 Å². The van der Waals surface area contributed by atoms with Gasteiger partial charge in [0, 0.05) is 30.9 Å². The second kappa shape index (κ2) is 9.25. The molecular formula is C19H21N3O5S. The zero-order valence-electron chi connectivity index (χ0n) is 15.5. The number of hydrogen-bond acceptors (Lipinski definition) is 5. The molecule has 0 aliphatic carbocycles. The van der Waals surface area contributed by atoms with Crippen LogP contribution in [0.15, 0.2) is 59.5 Å². The van der Waals surface area contributed by atoms with Gasteiger partial charge in [-0.15, -0.1) is 0 Å². The minimum Gasteiger partial charge on any atom is -0.323 e. The Labute approximate surface area is 163 Å². The monoisotopic (exact) mass is 403 g/mol. The molecule has 2 aromatic rings. The molecule has 0 bridgehead atoms. The minimum atomic E-state index is -3.56. The Balaban J connectivity index is 2.11. The van der Waals surface area contributed by atoms with Crippen molar-refractivity contribution in [3.8, 4) is 0 Å². The van der Waals surface area contributed by atoms with Crippen LogP contribution in [0, 0.1) is 10.1 Å². The first-order valence-electron chi connectivity index (χ1n) is 8.62. The number of sulfonamides is 1. The fourth-order valence-corrected chi connectivity index (χ4v) is 4.02. The van der Waals surface area contributed by atoms with Crippen molar-refractivity contribution in [2.75, 3.05) is 18.4 Å². The van der Waals surface area contributed by atoms with E-state index >= 15 is 0 Å². The molecule has 148 valence electrons. The number of anilines is 1. The number of nitrogens with zero attached hydrogens (tertiary/aromatic N) is 2. The Bertz CT molecular complexity index is 981. The standard InChI is InChI=1S/C19H21N3O5S/c1-3-21(4-2)28(26,27)17-12-10-16(11-13-17)20-19(23)14-9-15-7-5-6-8-18(15)22(24)25/h5-14H,3-4H2,1-2H3,(H,20,23)/b14-9+. The van der Waals surface area contributed by atoms with Crippen LogP contribution in [-0.4, -0.2) is 36.6 Å². The molecule has 2 aromatic carbocycles. The topological polar surface area (TPSA) is 110 Å². The van der Waals surface area contributed by atoms with Crippen molar-refractivity contribution in [2.24, 2.45) is 0 Å². The van der Waals surface area contributed by atoms with Gasteiger partial charge in [-0.05, 0) is 36.4 Å². The summed E-state index contributed by atoms with van der Waals surface area (Å²) in [6.45, 7) is 4.26. The zero-order chi connectivity index (χ0) is 20.7. The first kappa shape index (κ1) is 21.3. The van der Waals surface area contributed by atoms with E-state index in [0.29, 0.717) is 24.3 Å². The van der Waals surface area contributed by atoms with E-state index in [1.165, 1.54) is 52.9 Å². The molecule has 1 N–H and O–H groups in total. The van der Waals surface area contributed by atoms with Gasteiger partial charge in [-0.2, -0.15) is 4.31 Å². The van der Waals surface area contributed by atoms with E-state index in [2.05, 4.69) is 5.32 Å². The molecule has 0 aromatic heterocycles. The number of nitro groups is 1. The number of para-hydroxylation sites is 1. The van der Waals surface area contributed by atoms with Crippen molar-refractivity contribution >= 4 is 33.4 Å². The van der Waals surface area contributed by atoms with E-state index in [1.807, 2.05) is 0 Å². The largest absolute Gasteiger partial charge is 0.323 e. The van der Waals surface area contributed by atoms with Crippen LogP contribution in [0.4, 0.5) is 11.4 Å². The number of hydrogen-bond donors (Lipinski definition) is 1. The van der Waals surface area contributed by atoms with Crippen LogP contribution in [-0.2, 0) is 14.8 Å². The molecule has 0 saturated carbocycles. The molecular weight excluding hydrogens is 382 g/mol. The molecule has 2 rings (SSSR count). The number of benzene rings is 2. The lowest BCUT2D eigenvalue weighted by Crippen LogP contribution is -2.30. The molecule has 0 radical (unpaired) electrons. The van der Waals surface area contributed by atoms with E-state index in [1.54, 1.807) is 26.0 Å². The third-order valence-electron chi connectivity index (χ3n) is 4.01. The Morgan fingerprint density at radius 3 is 2.29 bits per heavy atom. The number of amides is 1. The summed E-state index contributed by atoms with van der Waals surface area (Å²) in [5.41, 5.74) is 0.622. The van der Waals surface area contributed by atoms with Gasteiger partial charge in [-0.25, -0.2) is 8.42 Å². The maximum Gasteiger partial charge on any atom is 0.276 e. The van der Waals surface area contributed by atoms with Crippen molar-refractivity contribution in [1.82, 2.24) is 4.31 Å². The molecule has 0 atom stereocenters. The zero-order valence-corrected chi connectivity index (χ0v) is 16.3. The minimum absolute atomic E-state index is 0.0995. The van der Waals surface area contributed by atoms with Gasteiger partial charge in [0.2, 0.25) is 15.9 Å². The van der Waals surface area contributed by atoms with Crippen LogP contribution >= 0.6 is 0 Å². The van der Waals surface area contributed by atoms with E-state index in [4.69, 9.17) is 0 Å². The van der Waals surface area contributed by atoms with Gasteiger partial charge in [0.1, 0.15) is 0 Å². The number of carbonyl (C=O) groups excluding carboxylic acids is 1.